The molecule has 0 unspecified atom stereocenters. The third kappa shape index (κ3) is 1.50. The second-order valence-electron chi connectivity index (χ2n) is 3.70. The molecule has 0 N–H and O–H groups in total. The van der Waals surface area contributed by atoms with E-state index in [-0.39, 0.29) is 0 Å². The van der Waals surface area contributed by atoms with Crippen molar-refractivity contribution in [2.45, 2.75) is 40.5 Å². The highest BCUT2D eigenvalue weighted by Crippen LogP contribution is 2.21. The van der Waals surface area contributed by atoms with Crippen molar-refractivity contribution >= 4 is 0 Å². The molecule has 12 heavy (non-hydrogen) atoms. The summed E-state index contributed by atoms with van der Waals surface area (Å²) < 4.78 is 0. The zero-order valence-corrected chi connectivity index (χ0v) is 8.60. The first kappa shape index (κ1) is 9.24. The lowest BCUT2D eigenvalue weighted by molar-refractivity contribution is 0.839. The summed E-state index contributed by atoms with van der Waals surface area (Å²) >= 11 is 0. The fraction of sp³-hybridized carbons (Fsp3) is 0.545. The van der Waals surface area contributed by atoms with Gasteiger partial charge in [-0.3, -0.25) is 4.98 Å². The molecule has 0 aliphatic rings. The summed E-state index contributed by atoms with van der Waals surface area (Å²) in [5, 5.41) is 0. The highest BCUT2D eigenvalue weighted by Gasteiger charge is 2.07. The van der Waals surface area contributed by atoms with Crippen LogP contribution in [0.25, 0.3) is 0 Å². The molecule has 0 atom stereocenters. The molecule has 0 aliphatic heterocycles. The molecule has 0 aromatic carbocycles. The number of hydrogen-bond acceptors (Lipinski definition) is 1. The second-order valence-corrected chi connectivity index (χ2v) is 3.70. The third-order valence-electron chi connectivity index (χ3n) is 2.56. The van der Waals surface area contributed by atoms with Gasteiger partial charge in [-0.15, -0.1) is 0 Å². The smallest absolute Gasteiger partial charge is 0.0404 e. The minimum absolute atomic E-state index is 0.580. The molecule has 0 radical (unpaired) electrons. The van der Waals surface area contributed by atoms with Gasteiger partial charge in [0.2, 0.25) is 0 Å². The van der Waals surface area contributed by atoms with E-state index in [9.17, 15) is 0 Å². The van der Waals surface area contributed by atoms with Crippen LogP contribution in [0.4, 0.5) is 0 Å². The minimum atomic E-state index is 0.580. The molecule has 1 nitrogen and oxygen atoms in total. The van der Waals surface area contributed by atoms with Crippen molar-refractivity contribution in [2.24, 2.45) is 0 Å². The summed E-state index contributed by atoms with van der Waals surface area (Å²) in [6.07, 6.45) is 2.00. The molecule has 0 fully saturated rings. The van der Waals surface area contributed by atoms with Gasteiger partial charge in [0.25, 0.3) is 0 Å². The monoisotopic (exact) mass is 163 g/mol. The van der Waals surface area contributed by atoms with Gasteiger partial charge in [-0.25, -0.2) is 0 Å². The zero-order valence-electron chi connectivity index (χ0n) is 8.60. The lowest BCUT2D eigenvalue weighted by Crippen LogP contribution is -1.99. The summed E-state index contributed by atoms with van der Waals surface area (Å²) in [5.74, 6) is 0.580. The first-order valence-electron chi connectivity index (χ1n) is 4.46. The lowest BCUT2D eigenvalue weighted by Gasteiger charge is -2.12. The number of aromatic nitrogens is 1. The molecule has 0 saturated carbocycles. The van der Waals surface area contributed by atoms with Gasteiger partial charge in [-0.2, -0.15) is 0 Å². The van der Waals surface area contributed by atoms with Crippen LogP contribution in [0.5, 0.6) is 0 Å². The van der Waals surface area contributed by atoms with Crippen LogP contribution < -0.4 is 0 Å². The van der Waals surface area contributed by atoms with Gasteiger partial charge >= 0.3 is 0 Å². The van der Waals surface area contributed by atoms with E-state index in [1.165, 1.54) is 16.7 Å². The summed E-state index contributed by atoms with van der Waals surface area (Å²) in [6.45, 7) is 10.8. The van der Waals surface area contributed by atoms with Gasteiger partial charge in [-0.05, 0) is 43.4 Å². The Morgan fingerprint density at radius 3 is 2.17 bits per heavy atom. The van der Waals surface area contributed by atoms with E-state index < -0.39 is 0 Å². The number of nitrogens with zero attached hydrogens (tertiary/aromatic N) is 1. The van der Waals surface area contributed by atoms with Crippen LogP contribution >= 0.6 is 0 Å². The number of pyridine rings is 1. The molecule has 1 heterocycles. The Labute approximate surface area is 74.8 Å². The van der Waals surface area contributed by atoms with Crippen LogP contribution in [-0.2, 0) is 0 Å². The van der Waals surface area contributed by atoms with Crippen LogP contribution in [0, 0.1) is 20.8 Å². The van der Waals surface area contributed by atoms with Crippen LogP contribution in [-0.4, -0.2) is 4.98 Å². The van der Waals surface area contributed by atoms with Crippen molar-refractivity contribution in [2.75, 3.05) is 0 Å². The van der Waals surface area contributed by atoms with Crippen LogP contribution in [0.3, 0.4) is 0 Å². The maximum atomic E-state index is 4.36. The van der Waals surface area contributed by atoms with E-state index in [0.717, 1.165) is 5.69 Å². The zero-order chi connectivity index (χ0) is 9.30. The maximum absolute atomic E-state index is 4.36. The van der Waals surface area contributed by atoms with Gasteiger partial charge in [0.1, 0.15) is 0 Å². The van der Waals surface area contributed by atoms with Crippen LogP contribution in [0.2, 0.25) is 0 Å². The van der Waals surface area contributed by atoms with Gasteiger partial charge in [-0.1, -0.05) is 13.8 Å². The summed E-state index contributed by atoms with van der Waals surface area (Å²) in [7, 11) is 0. The lowest BCUT2D eigenvalue weighted by atomic mass is 9.96. The quantitative estimate of drug-likeness (QED) is 0.619. The number of hydrogen-bond donors (Lipinski definition) is 0. The van der Waals surface area contributed by atoms with E-state index in [0.29, 0.717) is 5.92 Å². The van der Waals surface area contributed by atoms with E-state index >= 15 is 0 Å². The topological polar surface area (TPSA) is 12.9 Å². The fourth-order valence-corrected chi connectivity index (χ4v) is 1.43. The molecule has 0 aliphatic carbocycles. The number of aryl methyl sites for hydroxylation is 1. The molecule has 0 saturated heterocycles. The highest BCUT2D eigenvalue weighted by atomic mass is 14.7. The van der Waals surface area contributed by atoms with E-state index in [4.69, 9.17) is 0 Å². The Morgan fingerprint density at radius 1 is 1.08 bits per heavy atom. The van der Waals surface area contributed by atoms with E-state index in [2.05, 4.69) is 39.6 Å². The van der Waals surface area contributed by atoms with E-state index in [1.807, 2.05) is 6.20 Å². The average Bonchev–Trinajstić information content (AvgIpc) is 2.00. The molecule has 1 heteroatoms. The van der Waals surface area contributed by atoms with Crippen molar-refractivity contribution in [3.05, 3.63) is 28.6 Å². The fourth-order valence-electron chi connectivity index (χ4n) is 1.43. The van der Waals surface area contributed by atoms with Gasteiger partial charge in [0.05, 0.1) is 0 Å². The Balaban J connectivity index is 3.27. The Kier molecular flexibility index (Phi) is 2.51. The highest BCUT2D eigenvalue weighted by molar-refractivity contribution is 5.35. The largest absolute Gasteiger partial charge is 0.261 e. The average molecular weight is 163 g/mol. The molecule has 1 aromatic heterocycles. The van der Waals surface area contributed by atoms with Gasteiger partial charge in [0, 0.05) is 11.9 Å². The van der Waals surface area contributed by atoms with E-state index in [1.54, 1.807) is 0 Å². The van der Waals surface area contributed by atoms with Crippen molar-refractivity contribution in [1.29, 1.82) is 0 Å². The standard InChI is InChI=1S/C11H17N/c1-7(2)11-6-12-10(5)8(3)9(11)4/h6-7H,1-5H3. The third-order valence-corrected chi connectivity index (χ3v) is 2.56. The van der Waals surface area contributed by atoms with Crippen molar-refractivity contribution < 1.29 is 0 Å². The molecule has 66 valence electrons. The second kappa shape index (κ2) is 3.26. The maximum Gasteiger partial charge on any atom is 0.0404 e. The molecule has 1 aromatic rings. The molecular weight excluding hydrogens is 146 g/mol. The first-order chi connectivity index (χ1) is 5.54. The van der Waals surface area contributed by atoms with Crippen molar-refractivity contribution in [3.8, 4) is 0 Å². The SMILES string of the molecule is Cc1ncc(C(C)C)c(C)c1C. The van der Waals surface area contributed by atoms with Gasteiger partial charge < -0.3 is 0 Å². The molecule has 0 amide bonds. The molecular formula is C11H17N. The summed E-state index contributed by atoms with van der Waals surface area (Å²) in [6, 6.07) is 0. The minimum Gasteiger partial charge on any atom is -0.261 e. The predicted molar refractivity (Wildman–Crippen MR) is 52.5 cm³/mol. The summed E-state index contributed by atoms with van der Waals surface area (Å²) in [5.41, 5.74) is 5.26. The Morgan fingerprint density at radius 2 is 1.67 bits per heavy atom. The molecule has 0 bridgehead atoms. The van der Waals surface area contributed by atoms with Crippen LogP contribution in [0.1, 0.15) is 42.1 Å². The van der Waals surface area contributed by atoms with Crippen molar-refractivity contribution in [1.82, 2.24) is 4.98 Å². The summed E-state index contributed by atoms with van der Waals surface area (Å²) in [4.78, 5) is 4.36. The Hall–Kier alpha value is -0.850. The van der Waals surface area contributed by atoms with Crippen LogP contribution in [0.15, 0.2) is 6.20 Å². The molecule has 0 spiro atoms. The predicted octanol–water partition coefficient (Wildman–Crippen LogP) is 3.13. The van der Waals surface area contributed by atoms with Gasteiger partial charge in [0.15, 0.2) is 0 Å². The molecule has 1 rings (SSSR count). The van der Waals surface area contributed by atoms with Crippen molar-refractivity contribution in [3.63, 3.8) is 0 Å². The number of rotatable bonds is 1. The Bertz CT molecular complexity index is 287. The normalized spacial score (nSPS) is 10.8. The first-order valence-corrected chi connectivity index (χ1v) is 4.46.